The van der Waals surface area contributed by atoms with Gasteiger partial charge in [-0.3, -0.25) is 4.79 Å². The second kappa shape index (κ2) is 9.41. The summed E-state index contributed by atoms with van der Waals surface area (Å²) < 4.78 is 0. The average molecular weight is 489 g/mol. The van der Waals surface area contributed by atoms with Crippen LogP contribution in [0.15, 0.2) is 84.9 Å². The smallest absolute Gasteiger partial charge is 0.229 e. The van der Waals surface area contributed by atoms with Crippen LogP contribution >= 0.6 is 0 Å². The molecule has 1 aliphatic rings. The number of amides is 1. The Hall–Kier alpha value is -4.09. The van der Waals surface area contributed by atoms with Gasteiger partial charge in [-0.25, -0.2) is 0 Å². The Kier molecular flexibility index (Phi) is 5.93. The van der Waals surface area contributed by atoms with Crippen molar-refractivity contribution in [1.82, 2.24) is 14.9 Å². The van der Waals surface area contributed by atoms with E-state index in [1.807, 2.05) is 48.5 Å². The van der Waals surface area contributed by atoms with E-state index in [4.69, 9.17) is 5.73 Å². The molecule has 5 nitrogen and oxygen atoms in total. The van der Waals surface area contributed by atoms with Crippen molar-refractivity contribution < 1.29 is 4.79 Å². The van der Waals surface area contributed by atoms with Crippen LogP contribution in [0.1, 0.15) is 36.8 Å². The minimum Gasteiger partial charge on any atom is -0.369 e. The summed E-state index contributed by atoms with van der Waals surface area (Å²) >= 11 is 0. The lowest BCUT2D eigenvalue weighted by molar-refractivity contribution is -0.118. The van der Waals surface area contributed by atoms with Crippen molar-refractivity contribution in [3.05, 3.63) is 96.1 Å². The van der Waals surface area contributed by atoms with Crippen LogP contribution in [0.5, 0.6) is 0 Å². The van der Waals surface area contributed by atoms with Crippen molar-refractivity contribution in [2.45, 2.75) is 31.7 Å². The van der Waals surface area contributed by atoms with Crippen molar-refractivity contribution in [1.29, 1.82) is 0 Å². The highest BCUT2D eigenvalue weighted by atomic mass is 16.1. The summed E-state index contributed by atoms with van der Waals surface area (Å²) in [5.74, 6) is -0.866. The molecule has 1 unspecified atom stereocenters. The van der Waals surface area contributed by atoms with Gasteiger partial charge in [0.05, 0.1) is 5.92 Å². The number of hydrogen-bond acceptors (Lipinski definition) is 2. The molecule has 186 valence electrons. The predicted molar refractivity (Wildman–Crippen MR) is 154 cm³/mol. The molecule has 0 spiro atoms. The molecule has 1 saturated heterocycles. The molecule has 2 aromatic heterocycles. The zero-order valence-corrected chi connectivity index (χ0v) is 21.3. The molecular formula is C32H32N4O. The third-order valence-electron chi connectivity index (χ3n) is 7.90. The Morgan fingerprint density at radius 1 is 0.784 bits per heavy atom. The number of fused-ring (bicyclic) bond motifs is 6. The van der Waals surface area contributed by atoms with E-state index in [0.29, 0.717) is 0 Å². The number of para-hydroxylation sites is 2. The quantitative estimate of drug-likeness (QED) is 0.260. The number of nitrogens with one attached hydrogen (secondary N) is 2. The zero-order chi connectivity index (χ0) is 25.5. The molecular weight excluding hydrogens is 456 g/mol. The van der Waals surface area contributed by atoms with E-state index >= 15 is 0 Å². The monoisotopic (exact) mass is 488 g/mol. The summed E-state index contributed by atoms with van der Waals surface area (Å²) in [7, 11) is 2.19. The molecule has 4 aromatic carbocycles. The summed E-state index contributed by atoms with van der Waals surface area (Å²) in [4.78, 5) is 21.9. The van der Waals surface area contributed by atoms with Crippen LogP contribution in [-0.2, 0) is 4.79 Å². The first-order chi connectivity index (χ1) is 18.0. The number of hydrogen-bond donors (Lipinski definition) is 3. The number of primary amides is 1. The molecule has 1 amide bonds. The van der Waals surface area contributed by atoms with E-state index in [1.165, 1.54) is 19.4 Å². The van der Waals surface area contributed by atoms with Gasteiger partial charge in [-0.2, -0.15) is 0 Å². The number of H-pyrrole nitrogens is 2. The summed E-state index contributed by atoms with van der Waals surface area (Å²) in [5.41, 5.74) is 12.0. The Balaban J connectivity index is 0.000000314. The van der Waals surface area contributed by atoms with Gasteiger partial charge in [-0.15, -0.1) is 0 Å². The number of benzene rings is 4. The van der Waals surface area contributed by atoms with E-state index in [2.05, 4.69) is 65.2 Å². The first kappa shape index (κ1) is 23.3. The second-order valence-electron chi connectivity index (χ2n) is 10.3. The minimum atomic E-state index is -0.513. The van der Waals surface area contributed by atoms with Crippen LogP contribution in [0.25, 0.3) is 43.6 Å². The molecule has 3 heterocycles. The lowest BCUT2D eigenvalue weighted by Gasteiger charge is -2.15. The van der Waals surface area contributed by atoms with E-state index < -0.39 is 5.92 Å². The third kappa shape index (κ3) is 4.25. The van der Waals surface area contributed by atoms with Crippen molar-refractivity contribution in [3.8, 4) is 0 Å². The molecule has 0 aliphatic carbocycles. The first-order valence-corrected chi connectivity index (χ1v) is 13.0. The lowest BCUT2D eigenvalue weighted by atomic mass is 9.89. The fourth-order valence-electron chi connectivity index (χ4n) is 5.69. The zero-order valence-electron chi connectivity index (χ0n) is 21.3. The van der Waals surface area contributed by atoms with Gasteiger partial charge in [0.2, 0.25) is 5.91 Å². The molecule has 1 fully saturated rings. The number of nitrogens with zero attached hydrogens (tertiary/aromatic N) is 1. The topological polar surface area (TPSA) is 77.9 Å². The van der Waals surface area contributed by atoms with Gasteiger partial charge >= 0.3 is 0 Å². The number of aromatic nitrogens is 2. The standard InChI is InChI=1S/C26H19N3O.C6H13N/c27-26(30)25(15-9-11-23-19(13-15)17-5-1-3-7-21(17)28-23)16-10-12-24-20(14-16)18-6-2-4-8-22(18)29-24;1-6-4-3-5-7(6)2/h1-14,25,28-29H,(H2,27,30);6H,3-5H2,1-2H3. The fraction of sp³-hybridized carbons (Fsp3) is 0.219. The predicted octanol–water partition coefficient (Wildman–Crippen LogP) is 6.67. The largest absolute Gasteiger partial charge is 0.369 e. The van der Waals surface area contributed by atoms with Crippen molar-refractivity contribution >= 4 is 49.5 Å². The summed E-state index contributed by atoms with van der Waals surface area (Å²) in [6.07, 6.45) is 2.80. The van der Waals surface area contributed by atoms with E-state index in [1.54, 1.807) is 0 Å². The van der Waals surface area contributed by atoms with Gasteiger partial charge in [0.1, 0.15) is 0 Å². The second-order valence-corrected chi connectivity index (χ2v) is 10.3. The first-order valence-electron chi connectivity index (χ1n) is 13.0. The van der Waals surface area contributed by atoms with Gasteiger partial charge < -0.3 is 20.6 Å². The average Bonchev–Trinajstić information content (AvgIpc) is 3.59. The number of nitrogens with two attached hydrogens (primary N) is 1. The molecule has 7 rings (SSSR count). The third-order valence-corrected chi connectivity index (χ3v) is 7.90. The highest BCUT2D eigenvalue weighted by Gasteiger charge is 2.22. The van der Waals surface area contributed by atoms with E-state index in [-0.39, 0.29) is 5.91 Å². The maximum atomic E-state index is 12.6. The van der Waals surface area contributed by atoms with Crippen LogP contribution in [-0.4, -0.2) is 40.4 Å². The van der Waals surface area contributed by atoms with Crippen LogP contribution < -0.4 is 5.73 Å². The Labute approximate surface area is 216 Å². The van der Waals surface area contributed by atoms with Crippen LogP contribution in [0.3, 0.4) is 0 Å². The fourth-order valence-corrected chi connectivity index (χ4v) is 5.69. The van der Waals surface area contributed by atoms with Crippen LogP contribution in [0.2, 0.25) is 0 Å². The van der Waals surface area contributed by atoms with Crippen molar-refractivity contribution in [2.24, 2.45) is 5.73 Å². The molecule has 4 N–H and O–H groups in total. The molecule has 5 heteroatoms. The summed E-state index contributed by atoms with van der Waals surface area (Å²) in [5, 5.41) is 4.49. The number of rotatable bonds is 3. The molecule has 0 saturated carbocycles. The molecule has 37 heavy (non-hydrogen) atoms. The van der Waals surface area contributed by atoms with E-state index in [0.717, 1.165) is 60.8 Å². The van der Waals surface area contributed by atoms with Gasteiger partial charge in [0.25, 0.3) is 0 Å². The van der Waals surface area contributed by atoms with Crippen molar-refractivity contribution in [3.63, 3.8) is 0 Å². The van der Waals surface area contributed by atoms with Crippen LogP contribution in [0, 0.1) is 0 Å². The van der Waals surface area contributed by atoms with E-state index in [9.17, 15) is 4.79 Å². The lowest BCUT2D eigenvalue weighted by Crippen LogP contribution is -2.22. The molecule has 1 atom stereocenters. The van der Waals surface area contributed by atoms with Gasteiger partial charge in [0, 0.05) is 49.7 Å². The Morgan fingerprint density at radius 2 is 1.27 bits per heavy atom. The number of aromatic amines is 2. The highest BCUT2D eigenvalue weighted by molar-refractivity contribution is 6.09. The van der Waals surface area contributed by atoms with Crippen LogP contribution in [0.4, 0.5) is 0 Å². The number of likely N-dealkylation sites (tertiary alicyclic amines) is 1. The molecule has 6 aromatic rings. The maximum absolute atomic E-state index is 12.6. The maximum Gasteiger partial charge on any atom is 0.229 e. The van der Waals surface area contributed by atoms with Gasteiger partial charge in [-0.05, 0) is 80.9 Å². The summed E-state index contributed by atoms with van der Waals surface area (Å²) in [6.45, 7) is 3.59. The minimum absolute atomic E-state index is 0.353. The molecule has 1 aliphatic heterocycles. The normalized spacial score (nSPS) is 16.1. The van der Waals surface area contributed by atoms with Gasteiger partial charge in [0.15, 0.2) is 0 Å². The Bertz CT molecular complexity index is 1620. The van der Waals surface area contributed by atoms with Crippen molar-refractivity contribution in [2.75, 3.05) is 13.6 Å². The molecule has 0 bridgehead atoms. The number of carbonyl (C=O) groups excluding carboxylic acids is 1. The highest BCUT2D eigenvalue weighted by Crippen LogP contribution is 2.34. The molecule has 0 radical (unpaired) electrons. The number of carbonyl (C=O) groups is 1. The van der Waals surface area contributed by atoms with Gasteiger partial charge in [-0.1, -0.05) is 48.5 Å². The summed E-state index contributed by atoms with van der Waals surface area (Å²) in [6, 6.07) is 29.5. The Morgan fingerprint density at radius 3 is 1.68 bits per heavy atom. The SMILES string of the molecule is CC1CCCN1C.NC(=O)C(c1ccc2[nH]c3ccccc3c2c1)c1ccc2[nH]c3ccccc3c2c1.